The lowest BCUT2D eigenvalue weighted by Crippen LogP contribution is -2.61. The van der Waals surface area contributed by atoms with E-state index in [4.69, 9.17) is 4.74 Å². The number of carbonyl (C=O) groups excluding carboxylic acids is 5. The van der Waals surface area contributed by atoms with Crippen LogP contribution < -0.4 is 15.0 Å². The number of benzene rings is 4. The highest BCUT2D eigenvalue weighted by Crippen LogP contribution is 2.48. The molecule has 12 nitrogen and oxygen atoms in total. The van der Waals surface area contributed by atoms with Crippen LogP contribution in [0.2, 0.25) is 0 Å². The third kappa shape index (κ3) is 6.13. The van der Waals surface area contributed by atoms with Crippen LogP contribution in [-0.4, -0.2) is 94.7 Å². The number of anilines is 1. The Morgan fingerprint density at radius 3 is 2.18 bits per heavy atom. The summed E-state index contributed by atoms with van der Waals surface area (Å²) in [5.74, 6) is -0.899. The Kier molecular flexibility index (Phi) is 8.44. The van der Waals surface area contributed by atoms with Gasteiger partial charge < -0.3 is 19.6 Å². The van der Waals surface area contributed by atoms with Crippen LogP contribution in [-0.2, 0) is 27.5 Å². The zero-order chi connectivity index (χ0) is 39.0. The van der Waals surface area contributed by atoms with Crippen molar-refractivity contribution < 1.29 is 33.8 Å². The number of nitrogens with one attached hydrogen (secondary N) is 1. The predicted octanol–water partition coefficient (Wildman–Crippen LogP) is 4.55. The standard InChI is InChI=1S/C45H43N5O7/c51-32-10-11-33-38(20-32)57-24-36(27-4-2-1-3-5-27)41(33)28-6-8-31(9-7-28)48-16-14-45(15-17-48)25-47(26-45)23-40(53)49-21-29-18-34-35(19-30(29)22-49)44(56)50(43(34)55)37-12-13-39(52)46-42(37)54/h1-11,18-20,36-37,41,51H,12-17,21-26H2,(H,46,52,54)/t36-,37?,41-/m1/s1. The first kappa shape index (κ1) is 35.4. The fourth-order valence-corrected chi connectivity index (χ4v) is 10.1. The molecule has 0 aromatic heterocycles. The van der Waals surface area contributed by atoms with Crippen LogP contribution in [0.3, 0.4) is 0 Å². The van der Waals surface area contributed by atoms with Gasteiger partial charge in [0.1, 0.15) is 17.5 Å². The molecule has 4 aromatic rings. The summed E-state index contributed by atoms with van der Waals surface area (Å²) in [6.07, 6.45) is 2.30. The van der Waals surface area contributed by atoms with E-state index in [9.17, 15) is 29.1 Å². The number of hydrogen-bond acceptors (Lipinski definition) is 9. The molecule has 10 rings (SSSR count). The molecular formula is C45H43N5O7. The number of likely N-dealkylation sites (tertiary alicyclic amines) is 1. The Hall–Kier alpha value is -6.01. The molecule has 0 bridgehead atoms. The SMILES string of the molecule is O=C1CCC(N2C(=O)c3cc4c(cc3C2=O)CN(C(=O)CN2CC3(CCN(c5ccc([C@@H]6c7ccc(O)cc7OC[C@@H]6c6ccccc6)cc5)CC3)C2)C4)C(=O)N1. The number of aromatic hydroxyl groups is 1. The highest BCUT2D eigenvalue weighted by atomic mass is 16.5. The second kappa shape index (κ2) is 13.6. The van der Waals surface area contributed by atoms with E-state index in [0.29, 0.717) is 26.2 Å². The van der Waals surface area contributed by atoms with Gasteiger partial charge in [-0.25, -0.2) is 0 Å². The number of hydrogen-bond donors (Lipinski definition) is 2. The molecule has 6 aliphatic rings. The van der Waals surface area contributed by atoms with Gasteiger partial charge >= 0.3 is 0 Å². The number of piperidine rings is 2. The molecule has 5 amide bonds. The molecule has 0 aliphatic carbocycles. The van der Waals surface area contributed by atoms with Gasteiger partial charge in [0, 0.05) is 74.8 Å². The van der Waals surface area contributed by atoms with Gasteiger partial charge in [-0.15, -0.1) is 0 Å². The number of nitrogens with zero attached hydrogens (tertiary/aromatic N) is 4. The van der Waals surface area contributed by atoms with Crippen molar-refractivity contribution in [2.75, 3.05) is 44.2 Å². The summed E-state index contributed by atoms with van der Waals surface area (Å²) in [5, 5.41) is 12.4. The number of rotatable bonds is 6. The monoisotopic (exact) mass is 765 g/mol. The maximum absolute atomic E-state index is 13.5. The summed E-state index contributed by atoms with van der Waals surface area (Å²) in [4.78, 5) is 71.6. The van der Waals surface area contributed by atoms with Gasteiger partial charge in [-0.05, 0) is 77.3 Å². The fraction of sp³-hybridized carbons (Fsp3) is 0.356. The number of fused-ring (bicyclic) bond motifs is 3. The summed E-state index contributed by atoms with van der Waals surface area (Å²) >= 11 is 0. The van der Waals surface area contributed by atoms with Crippen molar-refractivity contribution in [3.05, 3.63) is 124 Å². The van der Waals surface area contributed by atoms with Crippen LogP contribution in [0.4, 0.5) is 5.69 Å². The second-order valence-electron chi connectivity index (χ2n) is 16.6. The van der Waals surface area contributed by atoms with Crippen molar-refractivity contribution in [1.29, 1.82) is 0 Å². The second-order valence-corrected chi connectivity index (χ2v) is 16.6. The molecule has 3 atom stereocenters. The van der Waals surface area contributed by atoms with Crippen molar-refractivity contribution in [3.63, 3.8) is 0 Å². The van der Waals surface area contributed by atoms with Crippen molar-refractivity contribution in [3.8, 4) is 11.5 Å². The molecule has 57 heavy (non-hydrogen) atoms. The number of carbonyl (C=O) groups is 5. The van der Waals surface area contributed by atoms with E-state index in [2.05, 4.69) is 63.6 Å². The van der Waals surface area contributed by atoms with Gasteiger partial charge in [0.05, 0.1) is 24.3 Å². The average molecular weight is 766 g/mol. The van der Waals surface area contributed by atoms with Gasteiger partial charge in [-0.1, -0.05) is 48.5 Å². The normalized spacial score (nSPS) is 23.8. The molecule has 1 unspecified atom stereocenters. The molecule has 6 heterocycles. The fourth-order valence-electron chi connectivity index (χ4n) is 10.1. The minimum atomic E-state index is -1.00. The van der Waals surface area contributed by atoms with Gasteiger partial charge in [-0.3, -0.25) is 39.1 Å². The third-order valence-electron chi connectivity index (χ3n) is 13.1. The lowest BCUT2D eigenvalue weighted by atomic mass is 9.72. The van der Waals surface area contributed by atoms with E-state index in [-0.39, 0.29) is 52.9 Å². The molecule has 3 fully saturated rings. The molecular weight excluding hydrogens is 723 g/mol. The van der Waals surface area contributed by atoms with Crippen LogP contribution >= 0.6 is 0 Å². The van der Waals surface area contributed by atoms with Gasteiger partial charge in [-0.2, -0.15) is 0 Å². The first-order valence-electron chi connectivity index (χ1n) is 19.9. The van der Waals surface area contributed by atoms with Crippen LogP contribution in [0.25, 0.3) is 0 Å². The molecule has 0 radical (unpaired) electrons. The van der Waals surface area contributed by atoms with E-state index < -0.39 is 29.7 Å². The lowest BCUT2D eigenvalue weighted by molar-refractivity contribution is -0.137. The molecule has 12 heteroatoms. The first-order valence-corrected chi connectivity index (χ1v) is 19.9. The van der Waals surface area contributed by atoms with Crippen molar-refractivity contribution in [1.82, 2.24) is 20.0 Å². The summed E-state index contributed by atoms with van der Waals surface area (Å²) in [5.41, 5.74) is 7.11. The van der Waals surface area contributed by atoms with Gasteiger partial charge in [0.15, 0.2) is 0 Å². The Bertz CT molecular complexity index is 2280. The number of imide groups is 2. The smallest absolute Gasteiger partial charge is 0.262 e. The molecule has 290 valence electrons. The largest absolute Gasteiger partial charge is 0.508 e. The Balaban J connectivity index is 0.738. The zero-order valence-electron chi connectivity index (χ0n) is 31.5. The van der Waals surface area contributed by atoms with Crippen molar-refractivity contribution in [2.24, 2.45) is 5.41 Å². The highest BCUT2D eigenvalue weighted by Gasteiger charge is 2.47. The van der Waals surface area contributed by atoms with Crippen LogP contribution in [0, 0.1) is 5.41 Å². The van der Waals surface area contributed by atoms with E-state index in [1.165, 1.54) is 16.8 Å². The average Bonchev–Trinajstić information content (AvgIpc) is 3.74. The molecule has 0 saturated carbocycles. The van der Waals surface area contributed by atoms with E-state index in [1.54, 1.807) is 29.2 Å². The zero-order valence-corrected chi connectivity index (χ0v) is 31.5. The summed E-state index contributed by atoms with van der Waals surface area (Å²) in [6.45, 7) is 5.29. The lowest BCUT2D eigenvalue weighted by Gasteiger charge is -2.54. The van der Waals surface area contributed by atoms with Crippen molar-refractivity contribution >= 4 is 35.2 Å². The number of ether oxygens (including phenoxy) is 1. The first-order chi connectivity index (χ1) is 27.6. The predicted molar refractivity (Wildman–Crippen MR) is 209 cm³/mol. The molecule has 2 N–H and O–H groups in total. The number of amides is 5. The van der Waals surface area contributed by atoms with Crippen LogP contribution in [0.15, 0.2) is 84.9 Å². The maximum Gasteiger partial charge on any atom is 0.262 e. The molecule has 3 saturated heterocycles. The summed E-state index contributed by atoms with van der Waals surface area (Å²) in [7, 11) is 0. The van der Waals surface area contributed by atoms with Gasteiger partial charge in [0.25, 0.3) is 11.8 Å². The van der Waals surface area contributed by atoms with E-state index >= 15 is 0 Å². The minimum Gasteiger partial charge on any atom is -0.508 e. The van der Waals surface area contributed by atoms with Gasteiger partial charge in [0.2, 0.25) is 17.7 Å². The highest BCUT2D eigenvalue weighted by molar-refractivity contribution is 6.23. The molecule has 4 aromatic carbocycles. The Morgan fingerprint density at radius 2 is 1.51 bits per heavy atom. The van der Waals surface area contributed by atoms with Crippen LogP contribution in [0.1, 0.15) is 86.1 Å². The van der Waals surface area contributed by atoms with Crippen LogP contribution in [0.5, 0.6) is 11.5 Å². The van der Waals surface area contributed by atoms with E-state index in [0.717, 1.165) is 66.4 Å². The molecule has 6 aliphatic heterocycles. The van der Waals surface area contributed by atoms with E-state index in [1.807, 2.05) is 12.1 Å². The summed E-state index contributed by atoms with van der Waals surface area (Å²) in [6, 6.07) is 27.3. The maximum atomic E-state index is 13.5. The number of phenolic OH excluding ortho intramolecular Hbond substituents is 1. The molecule has 1 spiro atoms. The Morgan fingerprint density at radius 1 is 0.825 bits per heavy atom. The quantitative estimate of drug-likeness (QED) is 0.271. The minimum absolute atomic E-state index is 0.0278. The van der Waals surface area contributed by atoms with Crippen molar-refractivity contribution in [2.45, 2.75) is 56.7 Å². The number of phenols is 1. The third-order valence-corrected chi connectivity index (χ3v) is 13.1. The Labute approximate surface area is 330 Å². The summed E-state index contributed by atoms with van der Waals surface area (Å²) < 4.78 is 6.16. The topological polar surface area (TPSA) is 140 Å².